The smallest absolute Gasteiger partial charge is 0.350 e. The van der Waals surface area contributed by atoms with Crippen LogP contribution < -0.4 is 0 Å². The minimum Gasteiger partial charge on any atom is -0.462 e. The van der Waals surface area contributed by atoms with Crippen LogP contribution in [0.15, 0.2) is 22.7 Å². The molecule has 0 spiro atoms. The number of carbonyl (C=O) groups excluding carboxylic acids is 1. The highest BCUT2D eigenvalue weighted by Gasteiger charge is 2.20. The average molecular weight is 405 g/mol. The van der Waals surface area contributed by atoms with Gasteiger partial charge in [0.25, 0.3) is 0 Å². The highest BCUT2D eigenvalue weighted by molar-refractivity contribution is 9.10. The van der Waals surface area contributed by atoms with Crippen LogP contribution >= 0.6 is 27.3 Å². The Kier molecular flexibility index (Phi) is 3.96. The minimum atomic E-state index is -0.290. The number of benzene rings is 1. The molecule has 0 aliphatic carbocycles. The van der Waals surface area contributed by atoms with Crippen molar-refractivity contribution in [3.05, 3.63) is 38.9 Å². The van der Waals surface area contributed by atoms with Crippen LogP contribution in [0.1, 0.15) is 34.4 Å². The maximum atomic E-state index is 12.0. The molecule has 0 unspecified atom stereocenters. The first kappa shape index (κ1) is 15.8. The van der Waals surface area contributed by atoms with Gasteiger partial charge in [-0.1, -0.05) is 0 Å². The quantitative estimate of drug-likeness (QED) is 0.579. The van der Waals surface area contributed by atoms with Gasteiger partial charge in [-0.3, -0.25) is 0 Å². The maximum absolute atomic E-state index is 12.0. The van der Waals surface area contributed by atoms with E-state index < -0.39 is 0 Å². The Morgan fingerprint density at radius 3 is 3.04 bits per heavy atom. The SMILES string of the molecule is CCOC(=O)c1sc(-c2cc(Br)c3c(c2)cc2n3CCC2)nc1C. The van der Waals surface area contributed by atoms with Crippen molar-refractivity contribution in [1.82, 2.24) is 9.55 Å². The lowest BCUT2D eigenvalue weighted by molar-refractivity contribution is 0.0531. The van der Waals surface area contributed by atoms with Crippen LogP contribution in [0.3, 0.4) is 0 Å². The van der Waals surface area contributed by atoms with E-state index in [1.807, 2.05) is 13.8 Å². The van der Waals surface area contributed by atoms with E-state index in [9.17, 15) is 4.79 Å². The zero-order valence-electron chi connectivity index (χ0n) is 13.6. The predicted octanol–water partition coefficient (Wildman–Crippen LogP) is 4.96. The molecule has 1 aromatic carbocycles. The molecule has 3 aromatic rings. The molecule has 0 saturated heterocycles. The van der Waals surface area contributed by atoms with E-state index in [1.165, 1.54) is 34.4 Å². The van der Waals surface area contributed by atoms with Crippen molar-refractivity contribution in [3.8, 4) is 10.6 Å². The summed E-state index contributed by atoms with van der Waals surface area (Å²) in [6.45, 7) is 5.12. The number of hydrogen-bond donors (Lipinski definition) is 0. The van der Waals surface area contributed by atoms with Crippen molar-refractivity contribution >= 4 is 44.1 Å². The zero-order valence-corrected chi connectivity index (χ0v) is 16.0. The van der Waals surface area contributed by atoms with Gasteiger partial charge in [0.1, 0.15) is 9.88 Å². The number of ether oxygens (including phenoxy) is 1. The Balaban J connectivity index is 1.80. The lowest BCUT2D eigenvalue weighted by atomic mass is 10.1. The molecule has 0 amide bonds. The topological polar surface area (TPSA) is 44.1 Å². The lowest BCUT2D eigenvalue weighted by Gasteiger charge is -2.05. The molecule has 0 radical (unpaired) electrons. The highest BCUT2D eigenvalue weighted by Crippen LogP contribution is 2.37. The van der Waals surface area contributed by atoms with E-state index in [1.54, 1.807) is 0 Å². The lowest BCUT2D eigenvalue weighted by Crippen LogP contribution is -2.03. The van der Waals surface area contributed by atoms with Crippen LogP contribution in [0.25, 0.3) is 21.5 Å². The van der Waals surface area contributed by atoms with Crippen molar-refractivity contribution in [2.24, 2.45) is 0 Å². The number of aromatic nitrogens is 2. The molecule has 2 aromatic heterocycles. The molecule has 0 N–H and O–H groups in total. The third-order valence-electron chi connectivity index (χ3n) is 4.35. The molecular formula is C18H17BrN2O2S. The number of halogens is 1. The van der Waals surface area contributed by atoms with Gasteiger partial charge in [0.2, 0.25) is 0 Å². The first-order valence-electron chi connectivity index (χ1n) is 8.05. The maximum Gasteiger partial charge on any atom is 0.350 e. The first-order valence-corrected chi connectivity index (χ1v) is 9.66. The molecule has 4 nitrogen and oxygen atoms in total. The Hall–Kier alpha value is -1.66. The van der Waals surface area contributed by atoms with Gasteiger partial charge in [0.05, 0.1) is 17.8 Å². The summed E-state index contributed by atoms with van der Waals surface area (Å²) in [5.74, 6) is -0.290. The summed E-state index contributed by atoms with van der Waals surface area (Å²) < 4.78 is 8.58. The van der Waals surface area contributed by atoms with E-state index >= 15 is 0 Å². The number of nitrogens with zero attached hydrogens (tertiary/aromatic N) is 2. The second-order valence-electron chi connectivity index (χ2n) is 5.94. The molecule has 0 bridgehead atoms. The largest absolute Gasteiger partial charge is 0.462 e. The third kappa shape index (κ3) is 2.48. The monoisotopic (exact) mass is 404 g/mol. The molecule has 24 heavy (non-hydrogen) atoms. The van der Waals surface area contributed by atoms with Gasteiger partial charge in [0, 0.05) is 27.7 Å². The Labute approximate surface area is 152 Å². The molecule has 1 aliphatic heterocycles. The molecule has 0 atom stereocenters. The van der Waals surface area contributed by atoms with E-state index in [2.05, 4.69) is 43.7 Å². The number of esters is 1. The van der Waals surface area contributed by atoms with Gasteiger partial charge < -0.3 is 9.30 Å². The molecule has 1 aliphatic rings. The summed E-state index contributed by atoms with van der Waals surface area (Å²) in [6.07, 6.45) is 2.36. The van der Waals surface area contributed by atoms with Crippen LogP contribution in [-0.2, 0) is 17.7 Å². The van der Waals surface area contributed by atoms with Crippen molar-refractivity contribution in [2.75, 3.05) is 6.61 Å². The molecule has 124 valence electrons. The summed E-state index contributed by atoms with van der Waals surface area (Å²) in [5, 5.41) is 2.07. The number of rotatable bonds is 3. The Bertz CT molecular complexity index is 958. The van der Waals surface area contributed by atoms with Crippen LogP contribution in [0.5, 0.6) is 0 Å². The highest BCUT2D eigenvalue weighted by atomic mass is 79.9. The number of hydrogen-bond acceptors (Lipinski definition) is 4. The van der Waals surface area contributed by atoms with E-state index in [4.69, 9.17) is 4.74 Å². The Morgan fingerprint density at radius 2 is 2.25 bits per heavy atom. The Morgan fingerprint density at radius 1 is 1.42 bits per heavy atom. The number of thiazole rings is 1. The standard InChI is InChI=1S/C18H17BrN2O2S/c1-3-23-18(22)16-10(2)20-17(24-16)12-7-11-8-13-5-4-6-21(13)15(11)14(19)9-12/h7-9H,3-6H2,1-2H3. The fourth-order valence-electron chi connectivity index (χ4n) is 3.33. The number of fused-ring (bicyclic) bond motifs is 3. The van der Waals surface area contributed by atoms with Crippen LogP contribution in [0, 0.1) is 6.92 Å². The van der Waals surface area contributed by atoms with Crippen LogP contribution in [0.2, 0.25) is 0 Å². The van der Waals surface area contributed by atoms with Gasteiger partial charge >= 0.3 is 5.97 Å². The van der Waals surface area contributed by atoms with Gasteiger partial charge in [0.15, 0.2) is 0 Å². The van der Waals surface area contributed by atoms with E-state index in [0.717, 1.165) is 33.7 Å². The van der Waals surface area contributed by atoms with Crippen molar-refractivity contribution in [2.45, 2.75) is 33.2 Å². The molecule has 3 heterocycles. The molecule has 0 fully saturated rings. The molecular weight excluding hydrogens is 388 g/mol. The summed E-state index contributed by atoms with van der Waals surface area (Å²) in [7, 11) is 0. The van der Waals surface area contributed by atoms with E-state index in [0.29, 0.717) is 11.5 Å². The van der Waals surface area contributed by atoms with Gasteiger partial charge in [-0.15, -0.1) is 11.3 Å². The molecule has 0 saturated carbocycles. The van der Waals surface area contributed by atoms with Gasteiger partial charge in [-0.2, -0.15) is 0 Å². The molecule has 4 rings (SSSR count). The third-order valence-corrected chi connectivity index (χ3v) is 6.14. The fourth-order valence-corrected chi connectivity index (χ4v) is 4.96. The van der Waals surface area contributed by atoms with Gasteiger partial charge in [-0.05, 0) is 60.8 Å². The van der Waals surface area contributed by atoms with Crippen LogP contribution in [-0.4, -0.2) is 22.1 Å². The average Bonchev–Trinajstić information content (AvgIpc) is 3.20. The summed E-state index contributed by atoms with van der Waals surface area (Å²) >= 11 is 5.12. The normalized spacial score (nSPS) is 13.5. The predicted molar refractivity (Wildman–Crippen MR) is 99.8 cm³/mol. The minimum absolute atomic E-state index is 0.290. The van der Waals surface area contributed by atoms with E-state index in [-0.39, 0.29) is 5.97 Å². The second kappa shape index (κ2) is 6.01. The number of aryl methyl sites for hydroxylation is 3. The zero-order chi connectivity index (χ0) is 16.8. The summed E-state index contributed by atoms with van der Waals surface area (Å²) in [6, 6.07) is 6.53. The van der Waals surface area contributed by atoms with Gasteiger partial charge in [-0.25, -0.2) is 9.78 Å². The second-order valence-corrected chi connectivity index (χ2v) is 7.79. The van der Waals surface area contributed by atoms with Crippen LogP contribution in [0.4, 0.5) is 0 Å². The fraction of sp³-hybridized carbons (Fsp3) is 0.333. The summed E-state index contributed by atoms with van der Waals surface area (Å²) in [5.41, 5.74) is 4.40. The molecule has 6 heteroatoms. The van der Waals surface area contributed by atoms with Crippen molar-refractivity contribution < 1.29 is 9.53 Å². The first-order chi connectivity index (χ1) is 11.6. The summed E-state index contributed by atoms with van der Waals surface area (Å²) in [4.78, 5) is 17.2. The van der Waals surface area contributed by atoms with Crippen molar-refractivity contribution in [3.63, 3.8) is 0 Å². The van der Waals surface area contributed by atoms with Crippen molar-refractivity contribution in [1.29, 1.82) is 0 Å². The number of carbonyl (C=O) groups is 1.